The summed E-state index contributed by atoms with van der Waals surface area (Å²) in [5, 5.41) is 9.38. The van der Waals surface area contributed by atoms with Crippen molar-refractivity contribution >= 4 is 17.6 Å². The molecule has 1 aliphatic carbocycles. The number of benzene rings is 1. The van der Waals surface area contributed by atoms with Gasteiger partial charge in [-0.25, -0.2) is 4.99 Å². The zero-order chi connectivity index (χ0) is 16.5. The molecule has 0 radical (unpaired) electrons. The number of hydrogen-bond acceptors (Lipinski definition) is 2. The molecule has 5 nitrogen and oxygen atoms in total. The normalized spacial score (nSPS) is 15.0. The van der Waals surface area contributed by atoms with E-state index in [4.69, 9.17) is 6.42 Å². The van der Waals surface area contributed by atoms with Gasteiger partial charge in [0.1, 0.15) is 6.54 Å². The van der Waals surface area contributed by atoms with Crippen molar-refractivity contribution in [2.24, 2.45) is 4.99 Å². The van der Waals surface area contributed by atoms with Crippen LogP contribution in [-0.4, -0.2) is 31.0 Å². The van der Waals surface area contributed by atoms with Crippen LogP contribution in [0.2, 0.25) is 0 Å². The molecule has 0 aliphatic heterocycles. The van der Waals surface area contributed by atoms with E-state index in [9.17, 15) is 4.79 Å². The lowest BCUT2D eigenvalue weighted by atomic mass is 10.2. The molecule has 1 aromatic carbocycles. The first-order chi connectivity index (χ1) is 11.2. The molecule has 0 heterocycles. The molecule has 2 rings (SSSR count). The Balaban J connectivity index is 1.89. The quantitative estimate of drug-likeness (QED) is 0.443. The van der Waals surface area contributed by atoms with Gasteiger partial charge in [0.15, 0.2) is 5.96 Å². The maximum Gasteiger partial charge on any atom is 0.246 e. The summed E-state index contributed by atoms with van der Waals surface area (Å²) in [5.74, 6) is 3.09. The van der Waals surface area contributed by atoms with Crippen LogP contribution in [0.1, 0.15) is 38.2 Å². The minimum Gasteiger partial charge on any atom is -0.357 e. The zero-order valence-corrected chi connectivity index (χ0v) is 13.6. The minimum atomic E-state index is -0.164. The Morgan fingerprint density at radius 2 is 2.17 bits per heavy atom. The Kier molecular flexibility index (Phi) is 6.49. The Morgan fingerprint density at radius 3 is 2.87 bits per heavy atom. The highest BCUT2D eigenvalue weighted by Crippen LogP contribution is 2.17. The van der Waals surface area contributed by atoms with Crippen molar-refractivity contribution in [3.05, 3.63) is 29.8 Å². The highest BCUT2D eigenvalue weighted by Gasteiger charge is 2.16. The molecule has 23 heavy (non-hydrogen) atoms. The highest BCUT2D eigenvalue weighted by molar-refractivity contribution is 5.94. The summed E-state index contributed by atoms with van der Waals surface area (Å²) in [4.78, 5) is 16.4. The summed E-state index contributed by atoms with van der Waals surface area (Å²) in [6.45, 7) is 2.85. The lowest BCUT2D eigenvalue weighted by molar-refractivity contribution is -0.114. The van der Waals surface area contributed by atoms with Gasteiger partial charge < -0.3 is 16.0 Å². The van der Waals surface area contributed by atoms with Crippen molar-refractivity contribution in [2.45, 2.75) is 38.6 Å². The van der Waals surface area contributed by atoms with E-state index in [0.717, 1.165) is 24.9 Å². The minimum absolute atomic E-state index is 0.0718. The fraction of sp³-hybridized carbons (Fsp3) is 0.444. The molecule has 1 saturated carbocycles. The molecular weight excluding hydrogens is 288 g/mol. The van der Waals surface area contributed by atoms with E-state index in [1.54, 1.807) is 6.07 Å². The van der Waals surface area contributed by atoms with Crippen molar-refractivity contribution < 1.29 is 4.79 Å². The summed E-state index contributed by atoms with van der Waals surface area (Å²) in [6, 6.07) is 7.68. The molecule has 0 aromatic heterocycles. The number of aliphatic imine (C=N–C) groups is 1. The van der Waals surface area contributed by atoms with Crippen LogP contribution in [0.15, 0.2) is 29.3 Å². The number of hydrogen-bond donors (Lipinski definition) is 3. The second kappa shape index (κ2) is 8.84. The Hall–Kier alpha value is -2.48. The largest absolute Gasteiger partial charge is 0.357 e. The maximum absolute atomic E-state index is 12.0. The molecule has 0 spiro atoms. The number of amides is 1. The topological polar surface area (TPSA) is 65.5 Å². The molecule has 0 saturated heterocycles. The number of guanidine groups is 1. The first kappa shape index (κ1) is 16.9. The standard InChI is InChI=1S/C18H24N4O/c1-3-14-8-7-11-16(12-14)21-17(23)13-20-18(19-4-2)22-15-9-5-6-10-15/h1,7-8,11-12,15H,4-6,9-10,13H2,2H3,(H,21,23)(H2,19,20,22). The van der Waals surface area contributed by atoms with Gasteiger partial charge in [-0.3, -0.25) is 4.79 Å². The number of rotatable bonds is 5. The number of nitrogens with zero attached hydrogens (tertiary/aromatic N) is 1. The summed E-state index contributed by atoms with van der Waals surface area (Å²) >= 11 is 0. The predicted molar refractivity (Wildman–Crippen MR) is 94.4 cm³/mol. The van der Waals surface area contributed by atoms with Crippen LogP contribution in [0, 0.1) is 12.3 Å². The van der Waals surface area contributed by atoms with Gasteiger partial charge in [-0.15, -0.1) is 6.42 Å². The molecule has 1 aromatic rings. The van der Waals surface area contributed by atoms with E-state index in [1.165, 1.54) is 12.8 Å². The first-order valence-electron chi connectivity index (χ1n) is 8.12. The summed E-state index contributed by atoms with van der Waals surface area (Å²) in [7, 11) is 0. The van der Waals surface area contributed by atoms with Crippen molar-refractivity contribution in [3.8, 4) is 12.3 Å². The van der Waals surface area contributed by atoms with Gasteiger partial charge in [0.2, 0.25) is 5.91 Å². The van der Waals surface area contributed by atoms with Gasteiger partial charge in [0.05, 0.1) is 0 Å². The van der Waals surface area contributed by atoms with Crippen molar-refractivity contribution in [3.63, 3.8) is 0 Å². The van der Waals surface area contributed by atoms with Gasteiger partial charge in [0.25, 0.3) is 0 Å². The Bertz CT molecular complexity index is 597. The third-order valence-corrected chi connectivity index (χ3v) is 3.73. The Labute approximate surface area is 138 Å². The molecule has 1 fully saturated rings. The molecule has 0 bridgehead atoms. The van der Waals surface area contributed by atoms with Gasteiger partial charge in [0, 0.05) is 23.8 Å². The highest BCUT2D eigenvalue weighted by atomic mass is 16.1. The lowest BCUT2D eigenvalue weighted by Crippen LogP contribution is -2.42. The average Bonchev–Trinajstić information content (AvgIpc) is 3.06. The van der Waals surface area contributed by atoms with Crippen molar-refractivity contribution in [1.82, 2.24) is 10.6 Å². The molecule has 0 unspecified atom stereocenters. The van der Waals surface area contributed by atoms with Crippen LogP contribution < -0.4 is 16.0 Å². The van der Waals surface area contributed by atoms with E-state index in [-0.39, 0.29) is 12.5 Å². The zero-order valence-electron chi connectivity index (χ0n) is 13.6. The van der Waals surface area contributed by atoms with Gasteiger partial charge in [-0.2, -0.15) is 0 Å². The van der Waals surface area contributed by atoms with Gasteiger partial charge in [-0.05, 0) is 38.0 Å². The van der Waals surface area contributed by atoms with Crippen molar-refractivity contribution in [1.29, 1.82) is 0 Å². The third-order valence-electron chi connectivity index (χ3n) is 3.73. The van der Waals surface area contributed by atoms with E-state index < -0.39 is 0 Å². The second-order valence-corrected chi connectivity index (χ2v) is 5.59. The van der Waals surface area contributed by atoms with Crippen LogP contribution in [0.25, 0.3) is 0 Å². The number of carbonyl (C=O) groups excluding carboxylic acids is 1. The first-order valence-corrected chi connectivity index (χ1v) is 8.12. The SMILES string of the molecule is C#Cc1cccc(NC(=O)CN=C(NCC)NC2CCCC2)c1. The lowest BCUT2D eigenvalue weighted by Gasteiger charge is -2.16. The third kappa shape index (κ3) is 5.67. The molecule has 1 amide bonds. The smallest absolute Gasteiger partial charge is 0.246 e. The van der Waals surface area contributed by atoms with Crippen LogP contribution in [-0.2, 0) is 4.79 Å². The van der Waals surface area contributed by atoms with Crippen LogP contribution >= 0.6 is 0 Å². The molecular formula is C18H24N4O. The van der Waals surface area contributed by atoms with Crippen LogP contribution in [0.4, 0.5) is 5.69 Å². The molecule has 5 heteroatoms. The summed E-state index contributed by atoms with van der Waals surface area (Å²) < 4.78 is 0. The predicted octanol–water partition coefficient (Wildman–Crippen LogP) is 2.10. The molecule has 122 valence electrons. The van der Waals surface area contributed by atoms with Crippen LogP contribution in [0.3, 0.4) is 0 Å². The summed E-state index contributed by atoms with van der Waals surface area (Å²) in [5.41, 5.74) is 1.43. The van der Waals surface area contributed by atoms with Gasteiger partial charge >= 0.3 is 0 Å². The monoisotopic (exact) mass is 312 g/mol. The fourth-order valence-electron chi connectivity index (χ4n) is 2.62. The van der Waals surface area contributed by atoms with Gasteiger partial charge in [-0.1, -0.05) is 24.8 Å². The summed E-state index contributed by atoms with van der Waals surface area (Å²) in [6.07, 6.45) is 10.2. The fourth-order valence-corrected chi connectivity index (χ4v) is 2.62. The molecule has 0 atom stereocenters. The van der Waals surface area contributed by atoms with E-state index in [1.807, 2.05) is 25.1 Å². The van der Waals surface area contributed by atoms with E-state index >= 15 is 0 Å². The second-order valence-electron chi connectivity index (χ2n) is 5.59. The van der Waals surface area contributed by atoms with Crippen LogP contribution in [0.5, 0.6) is 0 Å². The average molecular weight is 312 g/mol. The van der Waals surface area contributed by atoms with Crippen molar-refractivity contribution in [2.75, 3.05) is 18.4 Å². The molecule has 3 N–H and O–H groups in total. The number of nitrogens with one attached hydrogen (secondary N) is 3. The maximum atomic E-state index is 12.0. The van der Waals surface area contributed by atoms with E-state index in [2.05, 4.69) is 26.9 Å². The number of terminal acetylenes is 1. The van der Waals surface area contributed by atoms with E-state index in [0.29, 0.717) is 17.7 Å². The Morgan fingerprint density at radius 1 is 1.39 bits per heavy atom. The number of carbonyl (C=O) groups is 1. The molecule has 1 aliphatic rings. The number of anilines is 1.